The highest BCUT2D eigenvalue weighted by molar-refractivity contribution is 7.80. The summed E-state index contributed by atoms with van der Waals surface area (Å²) in [6.45, 7) is 3.27. The van der Waals surface area contributed by atoms with E-state index in [1.807, 2.05) is 19.1 Å². The normalized spacial score (nSPS) is 16.0. The predicted octanol–water partition coefficient (Wildman–Crippen LogP) is 3.18. The van der Waals surface area contributed by atoms with Gasteiger partial charge in [0.2, 0.25) is 0 Å². The Morgan fingerprint density at radius 1 is 1.45 bits per heavy atom. The molecule has 2 rings (SSSR count). The average Bonchev–Trinajstić information content (AvgIpc) is 2.43. The van der Waals surface area contributed by atoms with Crippen LogP contribution in [0.4, 0.5) is 10.5 Å². The number of carbonyl (C=O) groups excluding carboxylic acids is 1. The average molecular weight is 312 g/mol. The van der Waals surface area contributed by atoms with Crippen LogP contribution in [0.25, 0.3) is 0 Å². The number of piperidine rings is 1. The van der Waals surface area contributed by atoms with Gasteiger partial charge in [0.1, 0.15) is 0 Å². The number of benzene rings is 1. The minimum Gasteiger partial charge on any atom is -0.393 e. The Morgan fingerprint density at radius 2 is 2.10 bits per heavy atom. The SMILES string of the molecule is Cc1ccc(NC(=O)N2CCC(C(N)=S)CC2)cc1Cl. The molecule has 0 unspecified atom stereocenters. The Bertz CT molecular complexity index is 527. The second-order valence-electron chi connectivity index (χ2n) is 5.06. The van der Waals surface area contributed by atoms with Crippen molar-refractivity contribution < 1.29 is 4.79 Å². The van der Waals surface area contributed by atoms with Gasteiger partial charge in [0.15, 0.2) is 0 Å². The zero-order valence-corrected chi connectivity index (χ0v) is 12.9. The van der Waals surface area contributed by atoms with Gasteiger partial charge in [0, 0.05) is 29.7 Å². The van der Waals surface area contributed by atoms with Gasteiger partial charge in [-0.1, -0.05) is 29.9 Å². The van der Waals surface area contributed by atoms with E-state index in [2.05, 4.69) is 5.32 Å². The summed E-state index contributed by atoms with van der Waals surface area (Å²) in [7, 11) is 0. The monoisotopic (exact) mass is 311 g/mol. The van der Waals surface area contributed by atoms with Crippen molar-refractivity contribution >= 4 is 40.5 Å². The first-order valence-corrected chi connectivity index (χ1v) is 7.37. The molecule has 0 radical (unpaired) electrons. The number of hydrogen-bond acceptors (Lipinski definition) is 2. The van der Waals surface area contributed by atoms with Crippen molar-refractivity contribution in [3.63, 3.8) is 0 Å². The van der Waals surface area contributed by atoms with Crippen molar-refractivity contribution in [2.24, 2.45) is 11.7 Å². The van der Waals surface area contributed by atoms with Gasteiger partial charge in [0.25, 0.3) is 0 Å². The van der Waals surface area contributed by atoms with E-state index in [0.717, 1.165) is 18.4 Å². The van der Waals surface area contributed by atoms with Crippen LogP contribution in [0.3, 0.4) is 0 Å². The number of rotatable bonds is 2. The molecule has 1 heterocycles. The largest absolute Gasteiger partial charge is 0.393 e. The molecule has 1 saturated heterocycles. The molecule has 1 aliphatic rings. The van der Waals surface area contributed by atoms with Gasteiger partial charge in [-0.25, -0.2) is 4.79 Å². The molecule has 1 aromatic carbocycles. The number of anilines is 1. The number of nitrogens with zero attached hydrogens (tertiary/aromatic N) is 1. The van der Waals surface area contributed by atoms with Crippen LogP contribution < -0.4 is 11.1 Å². The first-order chi connectivity index (χ1) is 9.47. The molecule has 6 heteroatoms. The molecule has 0 aromatic heterocycles. The third-order valence-corrected chi connectivity index (χ3v) is 4.35. The van der Waals surface area contributed by atoms with Crippen LogP contribution in [0.5, 0.6) is 0 Å². The van der Waals surface area contributed by atoms with Crippen LogP contribution >= 0.6 is 23.8 Å². The predicted molar refractivity (Wildman–Crippen MR) is 86.3 cm³/mol. The smallest absolute Gasteiger partial charge is 0.321 e. The number of carbonyl (C=O) groups is 1. The van der Waals surface area contributed by atoms with E-state index in [-0.39, 0.29) is 11.9 Å². The number of thiocarbonyl (C=S) groups is 1. The number of hydrogen-bond donors (Lipinski definition) is 2. The van der Waals surface area contributed by atoms with Gasteiger partial charge in [-0.2, -0.15) is 0 Å². The summed E-state index contributed by atoms with van der Waals surface area (Å²) < 4.78 is 0. The van der Waals surface area contributed by atoms with E-state index in [1.165, 1.54) is 0 Å². The molecule has 4 nitrogen and oxygen atoms in total. The van der Waals surface area contributed by atoms with Crippen LogP contribution in [0, 0.1) is 12.8 Å². The van der Waals surface area contributed by atoms with E-state index in [4.69, 9.17) is 29.6 Å². The quantitative estimate of drug-likeness (QED) is 0.825. The summed E-state index contributed by atoms with van der Waals surface area (Å²) in [6, 6.07) is 5.39. The fourth-order valence-electron chi connectivity index (χ4n) is 2.24. The molecule has 1 aliphatic heterocycles. The highest BCUT2D eigenvalue weighted by atomic mass is 35.5. The van der Waals surface area contributed by atoms with Crippen molar-refractivity contribution in [2.75, 3.05) is 18.4 Å². The molecule has 0 saturated carbocycles. The van der Waals surface area contributed by atoms with Gasteiger partial charge >= 0.3 is 6.03 Å². The maximum Gasteiger partial charge on any atom is 0.321 e. The third-order valence-electron chi connectivity index (χ3n) is 3.61. The number of nitrogens with two attached hydrogens (primary N) is 1. The zero-order valence-electron chi connectivity index (χ0n) is 11.4. The molecule has 1 fully saturated rings. The highest BCUT2D eigenvalue weighted by Gasteiger charge is 2.24. The van der Waals surface area contributed by atoms with Crippen LogP contribution in [0.2, 0.25) is 5.02 Å². The van der Waals surface area contributed by atoms with E-state index in [1.54, 1.807) is 11.0 Å². The lowest BCUT2D eigenvalue weighted by Gasteiger charge is -2.31. The van der Waals surface area contributed by atoms with Gasteiger partial charge in [-0.3, -0.25) is 0 Å². The Kier molecular flexibility index (Phi) is 4.83. The fourth-order valence-corrected chi connectivity index (χ4v) is 2.66. The number of urea groups is 1. The molecular formula is C14H18ClN3OS. The van der Waals surface area contributed by atoms with Crippen molar-refractivity contribution in [3.05, 3.63) is 28.8 Å². The van der Waals surface area contributed by atoms with Crippen LogP contribution in [-0.2, 0) is 0 Å². The maximum atomic E-state index is 12.1. The minimum atomic E-state index is -0.105. The van der Waals surface area contributed by atoms with E-state index in [9.17, 15) is 4.79 Å². The number of aryl methyl sites for hydroxylation is 1. The summed E-state index contributed by atoms with van der Waals surface area (Å²) in [6.07, 6.45) is 1.66. The van der Waals surface area contributed by atoms with E-state index < -0.39 is 0 Å². The van der Waals surface area contributed by atoms with Gasteiger partial charge in [-0.15, -0.1) is 0 Å². The van der Waals surface area contributed by atoms with Gasteiger partial charge < -0.3 is 16.0 Å². The lowest BCUT2D eigenvalue weighted by Crippen LogP contribution is -2.43. The Hall–Kier alpha value is -1.33. The Balaban J connectivity index is 1.92. The molecule has 0 bridgehead atoms. The zero-order chi connectivity index (χ0) is 14.7. The van der Waals surface area contributed by atoms with Gasteiger partial charge in [-0.05, 0) is 37.5 Å². The first kappa shape index (κ1) is 15.1. The van der Waals surface area contributed by atoms with Crippen LogP contribution in [0.15, 0.2) is 18.2 Å². The topological polar surface area (TPSA) is 58.4 Å². The van der Waals surface area contributed by atoms with Crippen molar-refractivity contribution in [2.45, 2.75) is 19.8 Å². The third kappa shape index (κ3) is 3.61. The number of likely N-dealkylation sites (tertiary alicyclic amines) is 1. The van der Waals surface area contributed by atoms with Crippen molar-refractivity contribution in [3.8, 4) is 0 Å². The summed E-state index contributed by atoms with van der Waals surface area (Å²) >= 11 is 11.0. The van der Waals surface area contributed by atoms with Crippen LogP contribution in [0.1, 0.15) is 18.4 Å². The molecule has 108 valence electrons. The van der Waals surface area contributed by atoms with Crippen LogP contribution in [-0.4, -0.2) is 29.0 Å². The molecule has 0 spiro atoms. The molecule has 2 amide bonds. The molecule has 0 aliphatic carbocycles. The minimum absolute atomic E-state index is 0.105. The molecule has 3 N–H and O–H groups in total. The lowest BCUT2D eigenvalue weighted by atomic mass is 9.97. The second kappa shape index (κ2) is 6.41. The molecule has 1 aromatic rings. The summed E-state index contributed by atoms with van der Waals surface area (Å²) in [5.41, 5.74) is 7.34. The summed E-state index contributed by atoms with van der Waals surface area (Å²) in [5, 5.41) is 3.51. The number of nitrogens with one attached hydrogen (secondary N) is 1. The van der Waals surface area contributed by atoms with Gasteiger partial charge in [0.05, 0.1) is 4.99 Å². The first-order valence-electron chi connectivity index (χ1n) is 6.59. The summed E-state index contributed by atoms with van der Waals surface area (Å²) in [5.74, 6) is 0.253. The van der Waals surface area contributed by atoms with Crippen molar-refractivity contribution in [1.82, 2.24) is 4.90 Å². The fraction of sp³-hybridized carbons (Fsp3) is 0.429. The molecule has 0 atom stereocenters. The molecular weight excluding hydrogens is 294 g/mol. The number of halogens is 1. The standard InChI is InChI=1S/C14H18ClN3OS/c1-9-2-3-11(8-12(9)15)17-14(19)18-6-4-10(5-7-18)13(16)20/h2-3,8,10H,4-7H2,1H3,(H2,16,20)(H,17,19). The molecule has 20 heavy (non-hydrogen) atoms. The van der Waals surface area contributed by atoms with Crippen molar-refractivity contribution in [1.29, 1.82) is 0 Å². The Labute approximate surface area is 129 Å². The highest BCUT2D eigenvalue weighted by Crippen LogP contribution is 2.22. The number of amides is 2. The maximum absolute atomic E-state index is 12.1. The summed E-state index contributed by atoms with van der Waals surface area (Å²) in [4.78, 5) is 14.5. The lowest BCUT2D eigenvalue weighted by molar-refractivity contribution is 0.193. The van der Waals surface area contributed by atoms with E-state index >= 15 is 0 Å². The van der Waals surface area contributed by atoms with E-state index in [0.29, 0.717) is 28.8 Å². The Morgan fingerprint density at radius 3 is 2.65 bits per heavy atom. The second-order valence-corrected chi connectivity index (χ2v) is 5.94.